The third kappa shape index (κ3) is 2.48. The van der Waals surface area contributed by atoms with Gasteiger partial charge in [0.1, 0.15) is 0 Å². The number of rotatable bonds is 3. The third-order valence-electron chi connectivity index (χ3n) is 2.70. The molecule has 0 N–H and O–H groups in total. The molecule has 1 heteroatoms. The van der Waals surface area contributed by atoms with Crippen LogP contribution in [0.5, 0.6) is 0 Å². The summed E-state index contributed by atoms with van der Waals surface area (Å²) in [5.74, 6) is 0. The number of alkyl halides is 1. The van der Waals surface area contributed by atoms with Crippen LogP contribution in [-0.4, -0.2) is 6.67 Å². The molecule has 0 heterocycles. The summed E-state index contributed by atoms with van der Waals surface area (Å²) >= 11 is 0. The van der Waals surface area contributed by atoms with Crippen molar-refractivity contribution in [2.75, 3.05) is 6.67 Å². The van der Waals surface area contributed by atoms with Crippen LogP contribution < -0.4 is 0 Å². The molecule has 0 spiro atoms. The van der Waals surface area contributed by atoms with E-state index >= 15 is 0 Å². The van der Waals surface area contributed by atoms with Gasteiger partial charge in [-0.1, -0.05) is 54.1 Å². The van der Waals surface area contributed by atoms with E-state index in [2.05, 4.69) is 43.3 Å². The molecule has 2 rings (SSSR count). The highest BCUT2D eigenvalue weighted by atomic mass is 19.1. The molecule has 16 heavy (non-hydrogen) atoms. The summed E-state index contributed by atoms with van der Waals surface area (Å²) in [6, 6.07) is 16.5. The zero-order valence-electron chi connectivity index (χ0n) is 9.41. The summed E-state index contributed by atoms with van der Waals surface area (Å²) in [5, 5.41) is 0. The number of benzene rings is 2. The molecule has 0 aliphatic rings. The van der Waals surface area contributed by atoms with E-state index in [1.807, 2.05) is 12.1 Å². The molecule has 0 saturated heterocycles. The molecule has 0 amide bonds. The summed E-state index contributed by atoms with van der Waals surface area (Å²) in [6.45, 7) is 1.78. The highest BCUT2D eigenvalue weighted by Crippen LogP contribution is 2.21. The largest absolute Gasteiger partial charge is 0.251 e. The highest BCUT2D eigenvalue weighted by molar-refractivity contribution is 5.64. The molecule has 0 nitrogen and oxygen atoms in total. The molecule has 0 saturated carbocycles. The van der Waals surface area contributed by atoms with Crippen LogP contribution >= 0.6 is 0 Å². The minimum Gasteiger partial charge on any atom is -0.251 e. The van der Waals surface area contributed by atoms with Gasteiger partial charge in [-0.2, -0.15) is 0 Å². The standard InChI is InChI=1S/C15H15F/c1-12-5-7-14(8-6-12)15-4-2-3-13(11-15)9-10-16/h2-8,11H,9-10H2,1H3. The first-order valence-electron chi connectivity index (χ1n) is 5.51. The van der Waals surface area contributed by atoms with E-state index in [1.165, 1.54) is 11.1 Å². The molecule has 0 aromatic heterocycles. The first kappa shape index (κ1) is 10.9. The number of hydrogen-bond acceptors (Lipinski definition) is 0. The van der Waals surface area contributed by atoms with Crippen LogP contribution in [0.15, 0.2) is 48.5 Å². The van der Waals surface area contributed by atoms with Crippen molar-refractivity contribution in [3.8, 4) is 11.1 Å². The van der Waals surface area contributed by atoms with Gasteiger partial charge in [0, 0.05) is 6.42 Å². The predicted molar refractivity (Wildman–Crippen MR) is 66.3 cm³/mol. The first-order valence-corrected chi connectivity index (χ1v) is 5.51. The third-order valence-corrected chi connectivity index (χ3v) is 2.70. The fourth-order valence-electron chi connectivity index (χ4n) is 1.76. The zero-order chi connectivity index (χ0) is 11.4. The van der Waals surface area contributed by atoms with Gasteiger partial charge in [-0.25, -0.2) is 0 Å². The van der Waals surface area contributed by atoms with Crippen LogP contribution in [0, 0.1) is 6.92 Å². The van der Waals surface area contributed by atoms with Crippen LogP contribution in [0.25, 0.3) is 11.1 Å². The zero-order valence-corrected chi connectivity index (χ0v) is 9.41. The minimum atomic E-state index is -0.294. The first-order chi connectivity index (χ1) is 7.79. The van der Waals surface area contributed by atoms with E-state index in [1.54, 1.807) is 0 Å². The number of halogens is 1. The number of aryl methyl sites for hydroxylation is 2. The molecule has 0 aliphatic carbocycles. The van der Waals surface area contributed by atoms with E-state index in [0.29, 0.717) is 6.42 Å². The Hall–Kier alpha value is -1.63. The van der Waals surface area contributed by atoms with Crippen molar-refractivity contribution in [2.24, 2.45) is 0 Å². The van der Waals surface area contributed by atoms with Gasteiger partial charge in [-0.05, 0) is 23.6 Å². The average molecular weight is 214 g/mol. The van der Waals surface area contributed by atoms with E-state index in [0.717, 1.165) is 11.1 Å². The quantitative estimate of drug-likeness (QED) is 0.719. The molecule has 0 atom stereocenters. The Labute approximate surface area is 95.7 Å². The predicted octanol–water partition coefficient (Wildman–Crippen LogP) is 4.17. The summed E-state index contributed by atoms with van der Waals surface area (Å²) in [4.78, 5) is 0. The molecule has 0 bridgehead atoms. The molecule has 0 unspecified atom stereocenters. The van der Waals surface area contributed by atoms with Gasteiger partial charge < -0.3 is 0 Å². The molecule has 0 fully saturated rings. The number of hydrogen-bond donors (Lipinski definition) is 0. The lowest BCUT2D eigenvalue weighted by molar-refractivity contribution is 0.495. The van der Waals surface area contributed by atoms with Crippen molar-refractivity contribution >= 4 is 0 Å². The molecule has 2 aromatic carbocycles. The molecular weight excluding hydrogens is 199 g/mol. The van der Waals surface area contributed by atoms with Gasteiger partial charge in [0.05, 0.1) is 6.67 Å². The van der Waals surface area contributed by atoms with Crippen LogP contribution in [-0.2, 0) is 6.42 Å². The summed E-state index contributed by atoms with van der Waals surface area (Å²) < 4.78 is 12.3. The normalized spacial score (nSPS) is 10.4. The Morgan fingerprint density at radius 1 is 0.938 bits per heavy atom. The lowest BCUT2D eigenvalue weighted by atomic mass is 10.0. The van der Waals surface area contributed by atoms with Gasteiger partial charge in [0.15, 0.2) is 0 Å². The summed E-state index contributed by atoms with van der Waals surface area (Å²) in [6.07, 6.45) is 0.500. The summed E-state index contributed by atoms with van der Waals surface area (Å²) in [5.41, 5.74) is 4.65. The SMILES string of the molecule is Cc1ccc(-c2cccc(CCF)c2)cc1. The Kier molecular flexibility index (Phi) is 3.35. The Bertz CT molecular complexity index is 457. The van der Waals surface area contributed by atoms with E-state index in [9.17, 15) is 4.39 Å². The second-order valence-electron chi connectivity index (χ2n) is 4.01. The second kappa shape index (κ2) is 4.93. The maximum absolute atomic E-state index is 12.3. The molecule has 2 aromatic rings. The Morgan fingerprint density at radius 2 is 1.69 bits per heavy atom. The monoisotopic (exact) mass is 214 g/mol. The van der Waals surface area contributed by atoms with Crippen molar-refractivity contribution in [1.29, 1.82) is 0 Å². The smallest absolute Gasteiger partial charge is 0.0934 e. The lowest BCUT2D eigenvalue weighted by Crippen LogP contribution is -1.87. The van der Waals surface area contributed by atoms with E-state index < -0.39 is 0 Å². The molecule has 0 aliphatic heterocycles. The van der Waals surface area contributed by atoms with Crippen LogP contribution in [0.3, 0.4) is 0 Å². The minimum absolute atomic E-state index is 0.294. The van der Waals surface area contributed by atoms with Gasteiger partial charge in [-0.15, -0.1) is 0 Å². The van der Waals surface area contributed by atoms with Crippen molar-refractivity contribution in [3.05, 3.63) is 59.7 Å². The molecule has 0 radical (unpaired) electrons. The maximum atomic E-state index is 12.3. The Balaban J connectivity index is 2.32. The van der Waals surface area contributed by atoms with Crippen molar-refractivity contribution in [3.63, 3.8) is 0 Å². The maximum Gasteiger partial charge on any atom is 0.0934 e. The van der Waals surface area contributed by atoms with Crippen LogP contribution in [0.4, 0.5) is 4.39 Å². The van der Waals surface area contributed by atoms with Crippen molar-refractivity contribution in [1.82, 2.24) is 0 Å². The van der Waals surface area contributed by atoms with Crippen LogP contribution in [0.2, 0.25) is 0 Å². The van der Waals surface area contributed by atoms with Crippen LogP contribution in [0.1, 0.15) is 11.1 Å². The average Bonchev–Trinajstić information content (AvgIpc) is 2.31. The molecule has 82 valence electrons. The van der Waals surface area contributed by atoms with Gasteiger partial charge >= 0.3 is 0 Å². The fraction of sp³-hybridized carbons (Fsp3) is 0.200. The van der Waals surface area contributed by atoms with Gasteiger partial charge in [-0.3, -0.25) is 4.39 Å². The second-order valence-corrected chi connectivity index (χ2v) is 4.01. The fourth-order valence-corrected chi connectivity index (χ4v) is 1.76. The molecular formula is C15H15F. The lowest BCUT2D eigenvalue weighted by Gasteiger charge is -2.04. The van der Waals surface area contributed by atoms with E-state index in [-0.39, 0.29) is 6.67 Å². The highest BCUT2D eigenvalue weighted by Gasteiger charge is 1.99. The van der Waals surface area contributed by atoms with Gasteiger partial charge in [0.2, 0.25) is 0 Å². The van der Waals surface area contributed by atoms with E-state index in [4.69, 9.17) is 0 Å². The topological polar surface area (TPSA) is 0 Å². The van der Waals surface area contributed by atoms with Crippen molar-refractivity contribution < 1.29 is 4.39 Å². The van der Waals surface area contributed by atoms with Crippen molar-refractivity contribution in [2.45, 2.75) is 13.3 Å². The van der Waals surface area contributed by atoms with Gasteiger partial charge in [0.25, 0.3) is 0 Å². The Morgan fingerprint density at radius 3 is 2.38 bits per heavy atom. The summed E-state index contributed by atoms with van der Waals surface area (Å²) in [7, 11) is 0.